The van der Waals surface area contributed by atoms with E-state index in [0.717, 1.165) is 6.92 Å². The van der Waals surface area contributed by atoms with Crippen LogP contribution in [0.5, 0.6) is 0 Å². The monoisotopic (exact) mass is 250 g/mol. The molecule has 0 amide bonds. The van der Waals surface area contributed by atoms with E-state index in [1.54, 1.807) is 0 Å². The summed E-state index contributed by atoms with van der Waals surface area (Å²) in [5.74, 6) is -1.08. The molecule has 0 bridgehead atoms. The number of hydrogen-bond acceptors (Lipinski definition) is 2. The minimum atomic E-state index is -1.08. The third kappa shape index (κ3) is 126. The molecule has 0 atom stereocenters. The Morgan fingerprint density at radius 2 is 1.67 bits per heavy atom. The number of aliphatic carboxylic acids is 1. The van der Waals surface area contributed by atoms with Crippen LogP contribution in [0.1, 0.15) is 6.92 Å². The molecule has 42 valence electrons. The summed E-state index contributed by atoms with van der Waals surface area (Å²) in [4.78, 5) is 8.89. The first-order valence-electron chi connectivity index (χ1n) is 0.908. The number of halogens is 1. The summed E-state index contributed by atoms with van der Waals surface area (Å²) in [5, 5.41) is 8.89. The Morgan fingerprint density at radius 1 is 1.67 bits per heavy atom. The zero-order valence-corrected chi connectivity index (χ0v) is 6.30. The predicted octanol–water partition coefficient (Wildman–Crippen LogP) is -0.628. The summed E-state index contributed by atoms with van der Waals surface area (Å²) >= 11 is 0. The Hall–Kier alpha value is 0.719. The Balaban J connectivity index is -0.0000000450. The average molecular weight is 251 g/mol. The van der Waals surface area contributed by atoms with Gasteiger partial charge in [0.25, 0.3) is 0 Å². The van der Waals surface area contributed by atoms with Crippen molar-refractivity contribution in [2.75, 3.05) is 0 Å². The van der Waals surface area contributed by atoms with Crippen LogP contribution in [0.4, 0.5) is 0 Å². The molecule has 0 aromatic carbocycles. The largest absolute Gasteiger partial charge is 1.00 e. The summed E-state index contributed by atoms with van der Waals surface area (Å²) < 4.78 is 0. The maximum Gasteiger partial charge on any atom is 1.00 e. The maximum atomic E-state index is 8.89. The van der Waals surface area contributed by atoms with Crippen LogP contribution in [0.2, 0.25) is 0 Å². The molecule has 0 saturated heterocycles. The SMILES string of the molecule is CC(=O)[O-].I.[Cu+]. The standard InChI is InChI=1S/C2H4O2.Cu.HI/c1-2(3)4;;/h1H3,(H,3,4);;1H/q;+1;/p-1. The molecular formula is C2H4CuIO2. The minimum Gasteiger partial charge on any atom is -0.550 e. The van der Waals surface area contributed by atoms with Gasteiger partial charge in [-0.25, -0.2) is 0 Å². The molecule has 6 heavy (non-hydrogen) atoms. The molecule has 0 aliphatic carbocycles. The van der Waals surface area contributed by atoms with Crippen molar-refractivity contribution in [3.63, 3.8) is 0 Å². The van der Waals surface area contributed by atoms with Crippen LogP contribution in [0.3, 0.4) is 0 Å². The van der Waals surface area contributed by atoms with E-state index in [4.69, 9.17) is 9.90 Å². The second-order valence-corrected chi connectivity index (χ2v) is 0.492. The fraction of sp³-hybridized carbons (Fsp3) is 0.500. The smallest absolute Gasteiger partial charge is 0.550 e. The van der Waals surface area contributed by atoms with Crippen LogP contribution in [-0.4, -0.2) is 5.97 Å². The Bertz CT molecular complexity index is 34.5. The molecule has 0 rings (SSSR count). The topological polar surface area (TPSA) is 40.1 Å². The Labute approximate surface area is 63.8 Å². The third-order valence-electron chi connectivity index (χ3n) is 0. The van der Waals surface area contributed by atoms with E-state index in [9.17, 15) is 0 Å². The minimum absolute atomic E-state index is 0. The molecule has 0 N–H and O–H groups in total. The van der Waals surface area contributed by atoms with E-state index in [1.165, 1.54) is 0 Å². The Kier molecular flexibility index (Phi) is 24.4. The average Bonchev–Trinajstić information content (AvgIpc) is 0.811. The first-order valence-corrected chi connectivity index (χ1v) is 0.908. The summed E-state index contributed by atoms with van der Waals surface area (Å²) in [5.41, 5.74) is 0. The molecule has 0 radical (unpaired) electrons. The fourth-order valence-electron chi connectivity index (χ4n) is 0. The summed E-state index contributed by atoms with van der Waals surface area (Å²) in [6, 6.07) is 0. The molecule has 0 unspecified atom stereocenters. The van der Waals surface area contributed by atoms with Gasteiger partial charge < -0.3 is 9.90 Å². The number of carboxylic acids is 1. The molecule has 0 heterocycles. The van der Waals surface area contributed by atoms with Crippen molar-refractivity contribution in [3.05, 3.63) is 0 Å². The van der Waals surface area contributed by atoms with Gasteiger partial charge in [-0.05, 0) is 6.92 Å². The normalized spacial score (nSPS) is 4.17. The van der Waals surface area contributed by atoms with Crippen molar-refractivity contribution in [1.29, 1.82) is 0 Å². The first kappa shape index (κ1) is 15.9. The van der Waals surface area contributed by atoms with Crippen molar-refractivity contribution in [1.82, 2.24) is 0 Å². The molecule has 0 spiro atoms. The van der Waals surface area contributed by atoms with Crippen molar-refractivity contribution in [3.8, 4) is 0 Å². The van der Waals surface area contributed by atoms with Crippen molar-refractivity contribution in [2.24, 2.45) is 0 Å². The van der Waals surface area contributed by atoms with Gasteiger partial charge in [-0.1, -0.05) is 0 Å². The van der Waals surface area contributed by atoms with Gasteiger partial charge in [-0.3, -0.25) is 0 Å². The maximum absolute atomic E-state index is 8.89. The fourth-order valence-corrected chi connectivity index (χ4v) is 0. The quantitative estimate of drug-likeness (QED) is 0.424. The summed E-state index contributed by atoms with van der Waals surface area (Å²) in [6.45, 7) is 0.972. The van der Waals surface area contributed by atoms with Gasteiger partial charge in [0.15, 0.2) is 0 Å². The van der Waals surface area contributed by atoms with Gasteiger partial charge in [0.05, 0.1) is 0 Å². The molecular weight excluding hydrogens is 246 g/mol. The van der Waals surface area contributed by atoms with E-state index in [1.807, 2.05) is 0 Å². The van der Waals surface area contributed by atoms with Crippen LogP contribution in [0.25, 0.3) is 0 Å². The molecule has 0 aliphatic rings. The van der Waals surface area contributed by atoms with Gasteiger partial charge in [0.2, 0.25) is 0 Å². The van der Waals surface area contributed by atoms with Crippen LogP contribution in [0, 0.1) is 0 Å². The number of carbonyl (C=O) groups is 1. The summed E-state index contributed by atoms with van der Waals surface area (Å²) in [6.07, 6.45) is 0. The second kappa shape index (κ2) is 9.21. The molecule has 2 nitrogen and oxygen atoms in total. The number of rotatable bonds is 0. The predicted molar refractivity (Wildman–Crippen MR) is 26.1 cm³/mol. The van der Waals surface area contributed by atoms with Gasteiger partial charge >= 0.3 is 17.1 Å². The van der Waals surface area contributed by atoms with Crippen molar-refractivity contribution < 1.29 is 27.0 Å². The van der Waals surface area contributed by atoms with Gasteiger partial charge in [-0.2, -0.15) is 0 Å². The number of hydrogen-bond donors (Lipinski definition) is 0. The van der Waals surface area contributed by atoms with Crippen molar-refractivity contribution in [2.45, 2.75) is 6.92 Å². The molecule has 0 aliphatic heterocycles. The number of carbonyl (C=O) groups excluding carboxylic acids is 1. The van der Waals surface area contributed by atoms with Crippen molar-refractivity contribution >= 4 is 29.9 Å². The molecule has 0 aromatic heterocycles. The van der Waals surface area contributed by atoms with Crippen LogP contribution in [-0.2, 0) is 21.9 Å². The van der Waals surface area contributed by atoms with E-state index in [-0.39, 0.29) is 41.0 Å². The van der Waals surface area contributed by atoms with Crippen LogP contribution < -0.4 is 5.11 Å². The van der Waals surface area contributed by atoms with Crippen LogP contribution >= 0.6 is 24.0 Å². The van der Waals surface area contributed by atoms with Gasteiger partial charge in [0, 0.05) is 5.97 Å². The third-order valence-corrected chi connectivity index (χ3v) is 0. The molecule has 0 saturated carbocycles. The zero-order valence-electron chi connectivity index (χ0n) is 3.03. The van der Waals surface area contributed by atoms with E-state index >= 15 is 0 Å². The van der Waals surface area contributed by atoms with Gasteiger partial charge in [0.1, 0.15) is 0 Å². The zero-order chi connectivity index (χ0) is 3.58. The molecule has 0 fully saturated rings. The molecule has 0 aromatic rings. The Morgan fingerprint density at radius 3 is 1.67 bits per heavy atom. The van der Waals surface area contributed by atoms with Gasteiger partial charge in [-0.15, -0.1) is 24.0 Å². The molecule has 4 heteroatoms. The second-order valence-electron chi connectivity index (χ2n) is 0.492. The van der Waals surface area contributed by atoms with E-state index < -0.39 is 5.97 Å². The van der Waals surface area contributed by atoms with E-state index in [0.29, 0.717) is 0 Å². The number of carboxylic acid groups (broad SMARTS) is 1. The van der Waals surface area contributed by atoms with E-state index in [2.05, 4.69) is 0 Å². The first-order chi connectivity index (χ1) is 1.73. The van der Waals surface area contributed by atoms with Crippen LogP contribution in [0.15, 0.2) is 0 Å². The summed E-state index contributed by atoms with van der Waals surface area (Å²) in [7, 11) is 0.